The summed E-state index contributed by atoms with van der Waals surface area (Å²) in [5.41, 5.74) is 0.359. The Balaban J connectivity index is 1.53. The number of hydrogen-bond acceptors (Lipinski definition) is 6. The van der Waals surface area contributed by atoms with Crippen molar-refractivity contribution in [3.63, 3.8) is 0 Å². The summed E-state index contributed by atoms with van der Waals surface area (Å²) in [5, 5.41) is 6.07. The molecular weight excluding hydrogens is 461 g/mol. The molecule has 34 heavy (non-hydrogen) atoms. The molecule has 2 aliphatic rings. The topological polar surface area (TPSA) is 97.0 Å². The number of nitrogens with one attached hydrogen (secondary N) is 2. The van der Waals surface area contributed by atoms with Crippen molar-refractivity contribution in [2.45, 2.75) is 43.0 Å². The van der Waals surface area contributed by atoms with Crippen LogP contribution in [-0.2, 0) is 19.6 Å². The van der Waals surface area contributed by atoms with Gasteiger partial charge >= 0.3 is 0 Å². The first-order valence-electron chi connectivity index (χ1n) is 11.6. The fourth-order valence-electron chi connectivity index (χ4n) is 4.16. The van der Waals surface area contributed by atoms with Gasteiger partial charge in [0.15, 0.2) is 5.75 Å². The summed E-state index contributed by atoms with van der Waals surface area (Å²) in [4.78, 5) is 12.6. The van der Waals surface area contributed by atoms with Gasteiger partial charge in [0, 0.05) is 19.1 Å². The molecule has 0 aromatic heterocycles. The van der Waals surface area contributed by atoms with Gasteiger partial charge in [0.25, 0.3) is 0 Å². The van der Waals surface area contributed by atoms with Crippen LogP contribution >= 0.6 is 0 Å². The maximum Gasteiger partial charge on any atom is 0.243 e. The molecular formula is C24H30FN3O5S. The van der Waals surface area contributed by atoms with Gasteiger partial charge in [0.1, 0.15) is 11.6 Å². The number of rotatable bonds is 8. The van der Waals surface area contributed by atoms with Crippen LogP contribution in [0.25, 0.3) is 0 Å². The Kier molecular flexibility index (Phi) is 8.02. The smallest absolute Gasteiger partial charge is 0.243 e. The van der Waals surface area contributed by atoms with E-state index in [9.17, 15) is 17.6 Å². The number of sulfonamides is 1. The zero-order valence-electron chi connectivity index (χ0n) is 19.0. The predicted molar refractivity (Wildman–Crippen MR) is 126 cm³/mol. The maximum absolute atomic E-state index is 13.3. The Morgan fingerprint density at radius 2 is 1.76 bits per heavy atom. The largest absolute Gasteiger partial charge is 0.455 e. The van der Waals surface area contributed by atoms with Crippen molar-refractivity contribution in [1.29, 1.82) is 0 Å². The summed E-state index contributed by atoms with van der Waals surface area (Å²) in [6, 6.07) is 10.2. The minimum absolute atomic E-state index is 0.0304. The molecule has 184 valence electrons. The fourth-order valence-corrected chi connectivity index (χ4v) is 5.60. The number of carbonyl (C=O) groups excluding carboxylic acids is 1. The molecule has 8 nitrogen and oxygen atoms in total. The Bertz CT molecular complexity index is 1080. The van der Waals surface area contributed by atoms with Crippen LogP contribution in [0.2, 0.25) is 0 Å². The predicted octanol–water partition coefficient (Wildman–Crippen LogP) is 3.50. The van der Waals surface area contributed by atoms with Gasteiger partial charge in [-0.15, -0.1) is 0 Å². The molecule has 1 aliphatic carbocycles. The molecule has 2 fully saturated rings. The number of morpholine rings is 1. The van der Waals surface area contributed by atoms with Gasteiger partial charge in [-0.2, -0.15) is 4.31 Å². The van der Waals surface area contributed by atoms with E-state index in [0.717, 1.165) is 25.7 Å². The first-order valence-corrected chi connectivity index (χ1v) is 13.0. The maximum atomic E-state index is 13.3. The number of ether oxygens (including phenoxy) is 2. The third-order valence-corrected chi connectivity index (χ3v) is 7.90. The van der Waals surface area contributed by atoms with Crippen molar-refractivity contribution in [3.8, 4) is 11.5 Å². The summed E-state index contributed by atoms with van der Waals surface area (Å²) in [6.45, 7) is 1.22. The summed E-state index contributed by atoms with van der Waals surface area (Å²) in [5.74, 6) is 0.163. The number of nitrogens with zero attached hydrogens (tertiary/aromatic N) is 1. The highest BCUT2D eigenvalue weighted by atomic mass is 32.2. The van der Waals surface area contributed by atoms with Crippen molar-refractivity contribution in [2.75, 3.05) is 38.2 Å². The van der Waals surface area contributed by atoms with E-state index < -0.39 is 15.8 Å². The lowest BCUT2D eigenvalue weighted by atomic mass is 9.95. The molecule has 1 heterocycles. The number of benzene rings is 2. The van der Waals surface area contributed by atoms with Gasteiger partial charge in [0.05, 0.1) is 30.3 Å². The van der Waals surface area contributed by atoms with Crippen molar-refractivity contribution in [1.82, 2.24) is 9.62 Å². The molecule has 0 bridgehead atoms. The van der Waals surface area contributed by atoms with Crippen LogP contribution in [0.15, 0.2) is 47.4 Å². The highest BCUT2D eigenvalue weighted by molar-refractivity contribution is 7.89. The van der Waals surface area contributed by atoms with Crippen molar-refractivity contribution >= 4 is 21.6 Å². The molecule has 1 amide bonds. The third kappa shape index (κ3) is 6.25. The molecule has 2 aromatic rings. The highest BCUT2D eigenvalue weighted by Crippen LogP contribution is 2.33. The van der Waals surface area contributed by atoms with E-state index in [2.05, 4.69) is 10.6 Å². The van der Waals surface area contributed by atoms with Crippen molar-refractivity contribution in [3.05, 3.63) is 48.3 Å². The molecule has 1 saturated carbocycles. The zero-order chi connectivity index (χ0) is 24.0. The number of carbonyl (C=O) groups is 1. The summed E-state index contributed by atoms with van der Waals surface area (Å²) >= 11 is 0. The third-order valence-electron chi connectivity index (χ3n) is 6.01. The molecule has 2 aromatic carbocycles. The molecule has 4 rings (SSSR count). The molecule has 10 heteroatoms. The van der Waals surface area contributed by atoms with Crippen molar-refractivity contribution < 1.29 is 27.1 Å². The first kappa shape index (κ1) is 24.4. The monoisotopic (exact) mass is 491 g/mol. The molecule has 0 radical (unpaired) electrons. The minimum atomic E-state index is -3.73. The van der Waals surface area contributed by atoms with Crippen LogP contribution in [0, 0.1) is 5.82 Å². The van der Waals surface area contributed by atoms with Gasteiger partial charge in [0.2, 0.25) is 15.9 Å². The second-order valence-corrected chi connectivity index (χ2v) is 10.4. The lowest BCUT2D eigenvalue weighted by Crippen LogP contribution is -2.40. The molecule has 0 spiro atoms. The van der Waals surface area contributed by atoms with Gasteiger partial charge in [-0.1, -0.05) is 19.3 Å². The van der Waals surface area contributed by atoms with Crippen LogP contribution in [0.4, 0.5) is 10.1 Å². The van der Waals surface area contributed by atoms with E-state index in [1.165, 1.54) is 53.2 Å². The van der Waals surface area contributed by atoms with Gasteiger partial charge in [-0.3, -0.25) is 4.79 Å². The van der Waals surface area contributed by atoms with E-state index in [1.54, 1.807) is 0 Å². The quantitative estimate of drug-likeness (QED) is 0.587. The standard InChI is InChI=1S/C24H30FN3O5S/c25-18-6-8-20(9-7-18)33-23-11-10-21(34(30,31)28-12-14-32-15-13-28)16-22(23)26-17-24(29)27-19-4-2-1-3-5-19/h6-11,16,19,26H,1-5,12-15,17H2,(H,27,29). The van der Waals surface area contributed by atoms with Crippen LogP contribution in [-0.4, -0.2) is 57.5 Å². The van der Waals surface area contributed by atoms with E-state index >= 15 is 0 Å². The molecule has 0 atom stereocenters. The van der Waals surface area contributed by atoms with Crippen LogP contribution in [0.1, 0.15) is 32.1 Å². The Hall–Kier alpha value is -2.69. The summed E-state index contributed by atoms with van der Waals surface area (Å²) in [7, 11) is -3.73. The SMILES string of the molecule is O=C(CNc1cc(S(=O)(=O)N2CCOCC2)ccc1Oc1ccc(F)cc1)NC1CCCCC1. The number of anilines is 1. The van der Waals surface area contributed by atoms with Crippen molar-refractivity contribution in [2.24, 2.45) is 0 Å². The Morgan fingerprint density at radius 1 is 1.06 bits per heavy atom. The summed E-state index contributed by atoms with van der Waals surface area (Å²) < 4.78 is 52.0. The van der Waals surface area contributed by atoms with Crippen LogP contribution in [0.5, 0.6) is 11.5 Å². The fraction of sp³-hybridized carbons (Fsp3) is 0.458. The molecule has 2 N–H and O–H groups in total. The van der Waals surface area contributed by atoms with E-state index in [0.29, 0.717) is 30.4 Å². The normalized spacial score (nSPS) is 17.8. The summed E-state index contributed by atoms with van der Waals surface area (Å²) in [6.07, 6.45) is 5.35. The second kappa shape index (κ2) is 11.2. The molecule has 1 saturated heterocycles. The second-order valence-electron chi connectivity index (χ2n) is 8.49. The Labute approximate surface area is 199 Å². The van der Waals surface area contributed by atoms with E-state index in [4.69, 9.17) is 9.47 Å². The van der Waals surface area contributed by atoms with E-state index in [-0.39, 0.29) is 36.5 Å². The number of halogens is 1. The van der Waals surface area contributed by atoms with Crippen LogP contribution < -0.4 is 15.4 Å². The lowest BCUT2D eigenvalue weighted by molar-refractivity contribution is -0.120. The average Bonchev–Trinajstić information content (AvgIpc) is 2.86. The van der Waals surface area contributed by atoms with Gasteiger partial charge in [-0.25, -0.2) is 12.8 Å². The van der Waals surface area contributed by atoms with E-state index in [1.807, 2.05) is 0 Å². The van der Waals surface area contributed by atoms with Crippen LogP contribution in [0.3, 0.4) is 0 Å². The number of hydrogen-bond donors (Lipinski definition) is 2. The molecule has 1 aliphatic heterocycles. The van der Waals surface area contributed by atoms with Gasteiger partial charge < -0.3 is 20.1 Å². The zero-order valence-corrected chi connectivity index (χ0v) is 19.8. The lowest BCUT2D eigenvalue weighted by Gasteiger charge is -2.26. The molecule has 0 unspecified atom stereocenters. The number of amides is 1. The average molecular weight is 492 g/mol. The van der Waals surface area contributed by atoms with Gasteiger partial charge in [-0.05, 0) is 55.3 Å². The Morgan fingerprint density at radius 3 is 2.47 bits per heavy atom. The minimum Gasteiger partial charge on any atom is -0.455 e. The highest BCUT2D eigenvalue weighted by Gasteiger charge is 2.27. The first-order chi connectivity index (χ1) is 16.4.